The minimum absolute atomic E-state index is 0.404. The summed E-state index contributed by atoms with van der Waals surface area (Å²) in [4.78, 5) is 11.2. The highest BCUT2D eigenvalue weighted by Gasteiger charge is 2.12. The molecule has 0 saturated heterocycles. The average Bonchev–Trinajstić information content (AvgIpc) is 2.74. The van der Waals surface area contributed by atoms with E-state index in [2.05, 4.69) is 11.5 Å². The van der Waals surface area contributed by atoms with Gasteiger partial charge in [0.1, 0.15) is 0 Å². The summed E-state index contributed by atoms with van der Waals surface area (Å²) < 4.78 is 2.06. The average molecular weight is 245 g/mol. The topological polar surface area (TPSA) is 42.2 Å². The molecule has 0 atom stereocenters. The first-order valence-electron chi connectivity index (χ1n) is 6.55. The molecule has 0 fully saturated rings. The quantitative estimate of drug-likeness (QED) is 0.784. The van der Waals surface area contributed by atoms with Gasteiger partial charge in [0.15, 0.2) is 0 Å². The van der Waals surface area contributed by atoms with Crippen LogP contribution in [0.3, 0.4) is 0 Å². The maximum atomic E-state index is 11.2. The fraction of sp³-hybridized carbons (Fsp3) is 0.400. The van der Waals surface area contributed by atoms with E-state index in [-0.39, 0.29) is 0 Å². The first kappa shape index (κ1) is 12.7. The third-order valence-electron chi connectivity index (χ3n) is 3.27. The molecular weight excluding hydrogens is 226 g/mol. The van der Waals surface area contributed by atoms with Crippen molar-refractivity contribution in [1.29, 1.82) is 0 Å². The summed E-state index contributed by atoms with van der Waals surface area (Å²) in [5.74, 6) is -0.849. The number of hydrogen-bond donors (Lipinski definition) is 1. The Morgan fingerprint density at radius 1 is 1.22 bits per heavy atom. The number of carbonyl (C=O) groups is 1. The molecule has 3 heteroatoms. The summed E-state index contributed by atoms with van der Waals surface area (Å²) in [5, 5.41) is 10.0. The monoisotopic (exact) mass is 245 g/mol. The third kappa shape index (κ3) is 2.55. The molecule has 0 saturated carbocycles. The Kier molecular flexibility index (Phi) is 4.03. The van der Waals surface area contributed by atoms with Gasteiger partial charge in [-0.25, -0.2) is 4.79 Å². The van der Waals surface area contributed by atoms with E-state index >= 15 is 0 Å². The van der Waals surface area contributed by atoms with Gasteiger partial charge >= 0.3 is 5.97 Å². The molecule has 3 nitrogen and oxygen atoms in total. The van der Waals surface area contributed by atoms with Gasteiger partial charge in [0.2, 0.25) is 0 Å². The van der Waals surface area contributed by atoms with Crippen LogP contribution in [0.2, 0.25) is 0 Å². The molecule has 0 amide bonds. The number of benzene rings is 1. The smallest absolute Gasteiger partial charge is 0.337 e. The maximum Gasteiger partial charge on any atom is 0.337 e. The van der Waals surface area contributed by atoms with Gasteiger partial charge in [-0.05, 0) is 12.5 Å². The predicted molar refractivity (Wildman–Crippen MR) is 73.0 cm³/mol. The number of aromatic carboxylic acids is 1. The maximum absolute atomic E-state index is 11.2. The van der Waals surface area contributed by atoms with E-state index in [1.54, 1.807) is 6.20 Å². The number of aryl methyl sites for hydroxylation is 1. The lowest BCUT2D eigenvalue weighted by Crippen LogP contribution is -1.97. The Morgan fingerprint density at radius 2 is 2.00 bits per heavy atom. The molecule has 2 aromatic rings. The van der Waals surface area contributed by atoms with Gasteiger partial charge in [-0.15, -0.1) is 0 Å². The van der Waals surface area contributed by atoms with Crippen molar-refractivity contribution in [2.75, 3.05) is 0 Å². The predicted octanol–water partition coefficient (Wildman–Crippen LogP) is 3.92. The number of hydrogen-bond acceptors (Lipinski definition) is 1. The highest BCUT2D eigenvalue weighted by molar-refractivity contribution is 6.03. The molecular formula is C15H19NO2. The molecule has 0 spiro atoms. The van der Waals surface area contributed by atoms with Crippen LogP contribution in [0.25, 0.3) is 10.9 Å². The van der Waals surface area contributed by atoms with Crippen LogP contribution in [0.1, 0.15) is 43.0 Å². The molecule has 1 aromatic heterocycles. The first-order chi connectivity index (χ1) is 8.74. The van der Waals surface area contributed by atoms with Gasteiger partial charge in [0.05, 0.1) is 5.56 Å². The Hall–Kier alpha value is -1.77. The molecule has 1 N–H and O–H groups in total. The van der Waals surface area contributed by atoms with Crippen LogP contribution in [0.4, 0.5) is 0 Å². The lowest BCUT2D eigenvalue weighted by atomic mass is 10.2. The first-order valence-corrected chi connectivity index (χ1v) is 6.55. The fourth-order valence-electron chi connectivity index (χ4n) is 2.31. The fourth-order valence-corrected chi connectivity index (χ4v) is 2.31. The molecule has 0 aliphatic rings. The molecule has 18 heavy (non-hydrogen) atoms. The summed E-state index contributed by atoms with van der Waals surface area (Å²) in [5.41, 5.74) is 1.42. The lowest BCUT2D eigenvalue weighted by molar-refractivity contribution is 0.0699. The summed E-state index contributed by atoms with van der Waals surface area (Å²) in [6, 6.07) is 7.70. The van der Waals surface area contributed by atoms with E-state index in [1.165, 1.54) is 19.3 Å². The van der Waals surface area contributed by atoms with Crippen LogP contribution >= 0.6 is 0 Å². The van der Waals surface area contributed by atoms with Crippen molar-refractivity contribution in [1.82, 2.24) is 4.57 Å². The summed E-state index contributed by atoms with van der Waals surface area (Å²) in [7, 11) is 0. The van der Waals surface area contributed by atoms with E-state index in [0.717, 1.165) is 23.9 Å². The van der Waals surface area contributed by atoms with Crippen molar-refractivity contribution in [3.8, 4) is 0 Å². The molecule has 0 radical (unpaired) electrons. The number of fused-ring (bicyclic) bond motifs is 1. The second-order valence-corrected chi connectivity index (χ2v) is 4.62. The number of carboxylic acid groups (broad SMARTS) is 1. The highest BCUT2D eigenvalue weighted by atomic mass is 16.4. The van der Waals surface area contributed by atoms with E-state index < -0.39 is 5.97 Å². The molecule has 0 aliphatic carbocycles. The van der Waals surface area contributed by atoms with Gasteiger partial charge in [0, 0.05) is 23.6 Å². The summed E-state index contributed by atoms with van der Waals surface area (Å²) in [6.45, 7) is 3.08. The van der Waals surface area contributed by atoms with Crippen LogP contribution < -0.4 is 0 Å². The van der Waals surface area contributed by atoms with Crippen LogP contribution in [-0.2, 0) is 6.54 Å². The van der Waals surface area contributed by atoms with Crippen molar-refractivity contribution in [3.63, 3.8) is 0 Å². The van der Waals surface area contributed by atoms with Crippen molar-refractivity contribution in [2.24, 2.45) is 0 Å². The number of unbranched alkanes of at least 4 members (excludes halogenated alkanes) is 3. The van der Waals surface area contributed by atoms with Crippen LogP contribution in [0, 0.1) is 0 Å². The Bertz CT molecular complexity index is 542. The number of aromatic nitrogens is 1. The van der Waals surface area contributed by atoms with Crippen molar-refractivity contribution in [2.45, 2.75) is 39.2 Å². The number of carboxylic acids is 1. The van der Waals surface area contributed by atoms with Gasteiger partial charge in [-0.3, -0.25) is 0 Å². The van der Waals surface area contributed by atoms with Crippen LogP contribution in [-0.4, -0.2) is 15.6 Å². The third-order valence-corrected chi connectivity index (χ3v) is 3.27. The normalized spacial score (nSPS) is 10.9. The van der Waals surface area contributed by atoms with Gasteiger partial charge in [-0.2, -0.15) is 0 Å². The molecule has 1 heterocycles. The van der Waals surface area contributed by atoms with Crippen LogP contribution in [0.5, 0.6) is 0 Å². The van der Waals surface area contributed by atoms with Gasteiger partial charge in [-0.1, -0.05) is 44.4 Å². The molecule has 0 unspecified atom stereocenters. The van der Waals surface area contributed by atoms with Crippen molar-refractivity contribution in [3.05, 3.63) is 36.0 Å². The molecule has 2 rings (SSSR count). The van der Waals surface area contributed by atoms with Crippen molar-refractivity contribution < 1.29 is 9.90 Å². The highest BCUT2D eigenvalue weighted by Crippen LogP contribution is 2.22. The summed E-state index contributed by atoms with van der Waals surface area (Å²) in [6.07, 6.45) is 6.52. The Morgan fingerprint density at radius 3 is 2.72 bits per heavy atom. The lowest BCUT2D eigenvalue weighted by Gasteiger charge is -2.04. The second-order valence-electron chi connectivity index (χ2n) is 4.62. The second kappa shape index (κ2) is 5.71. The molecule has 0 aliphatic heterocycles. The van der Waals surface area contributed by atoms with E-state index in [4.69, 9.17) is 0 Å². The Labute approximate surface area is 107 Å². The standard InChI is InChI=1S/C15H19NO2/c1-2-3-4-7-10-16-11-13(15(17)18)12-8-5-6-9-14(12)16/h5-6,8-9,11H,2-4,7,10H2,1H3,(H,17,18). The zero-order chi connectivity index (χ0) is 13.0. The van der Waals surface area contributed by atoms with E-state index in [0.29, 0.717) is 5.56 Å². The van der Waals surface area contributed by atoms with Gasteiger partial charge in [0.25, 0.3) is 0 Å². The molecule has 96 valence electrons. The minimum Gasteiger partial charge on any atom is -0.478 e. The number of nitrogens with zero attached hydrogens (tertiary/aromatic N) is 1. The number of rotatable bonds is 6. The SMILES string of the molecule is CCCCCCn1cc(C(=O)O)c2ccccc21. The zero-order valence-electron chi connectivity index (χ0n) is 10.7. The van der Waals surface area contributed by atoms with E-state index in [9.17, 15) is 9.90 Å². The minimum atomic E-state index is -0.849. The molecule has 0 bridgehead atoms. The Balaban J connectivity index is 2.24. The van der Waals surface area contributed by atoms with E-state index in [1.807, 2.05) is 24.3 Å². The van der Waals surface area contributed by atoms with Gasteiger partial charge < -0.3 is 9.67 Å². The largest absolute Gasteiger partial charge is 0.478 e. The zero-order valence-corrected chi connectivity index (χ0v) is 10.7. The van der Waals surface area contributed by atoms with Crippen LogP contribution in [0.15, 0.2) is 30.5 Å². The molecule has 1 aromatic carbocycles. The number of para-hydroxylation sites is 1. The summed E-state index contributed by atoms with van der Waals surface area (Å²) >= 11 is 0. The van der Waals surface area contributed by atoms with Crippen molar-refractivity contribution >= 4 is 16.9 Å².